The number of nitrogens with one attached hydrogen (secondary N) is 5. The molecular weight excluding hydrogens is 906 g/mol. The molecule has 2 amide bonds. The molecule has 0 unspecified atom stereocenters. The summed E-state index contributed by atoms with van der Waals surface area (Å²) in [6, 6.07) is 20.4. The number of rotatable bonds is 14. The molecule has 15 nitrogen and oxygen atoms in total. The number of anilines is 4. The van der Waals surface area contributed by atoms with E-state index in [0.29, 0.717) is 62.5 Å². The predicted octanol–water partition coefficient (Wildman–Crippen LogP) is 8.51. The standard InChI is InChI=1S/C28H31FN6O2.C21H24BrN5O2/c1-16-5-10-21(29)22(11-16)33-25-13-23(31-15-28(3,4)37)26-30-14-24(35(26)34-25)18-6-9-20(17(2)12-18)27(36)32-19-7-8-19;1-12-8-13(4-7-15(12)20(28)25-14-5-6-14)17-10-23-19-16(24-11-21(2,3)29)9-18(22)26-27(17)19/h5-6,9-14,19,31,37H,7-8,15H2,1-4H3,(H,32,36)(H,33,34);4,7-10,14,24,29H,5-6,11H2,1-3H3,(H,25,28). The van der Waals surface area contributed by atoms with Crippen molar-refractivity contribution in [3.8, 4) is 22.5 Å². The van der Waals surface area contributed by atoms with Crippen LogP contribution in [0.1, 0.15) is 90.8 Å². The van der Waals surface area contributed by atoms with Crippen molar-refractivity contribution in [2.45, 2.75) is 97.4 Å². The molecule has 9 rings (SSSR count). The minimum absolute atomic E-state index is 0.0198. The van der Waals surface area contributed by atoms with E-state index in [9.17, 15) is 24.2 Å². The lowest BCUT2D eigenvalue weighted by atomic mass is 10.0. The van der Waals surface area contributed by atoms with Crippen LogP contribution in [0.25, 0.3) is 33.8 Å². The number of aliphatic hydroxyl groups is 2. The van der Waals surface area contributed by atoms with E-state index >= 15 is 0 Å². The minimum Gasteiger partial charge on any atom is -0.389 e. The fourth-order valence-corrected chi connectivity index (χ4v) is 7.64. The van der Waals surface area contributed by atoms with Gasteiger partial charge in [0.1, 0.15) is 10.4 Å². The van der Waals surface area contributed by atoms with Crippen LogP contribution >= 0.6 is 15.9 Å². The summed E-state index contributed by atoms with van der Waals surface area (Å²) >= 11 is 3.45. The van der Waals surface area contributed by atoms with Crippen molar-refractivity contribution < 1.29 is 24.2 Å². The van der Waals surface area contributed by atoms with E-state index < -0.39 is 11.2 Å². The number of imidazole rings is 2. The number of halogens is 2. The summed E-state index contributed by atoms with van der Waals surface area (Å²) in [5.74, 6) is -0.0621. The number of aromatic nitrogens is 6. The van der Waals surface area contributed by atoms with Gasteiger partial charge in [-0.1, -0.05) is 18.2 Å². The molecule has 0 radical (unpaired) electrons. The minimum atomic E-state index is -0.958. The van der Waals surface area contributed by atoms with Gasteiger partial charge >= 0.3 is 0 Å². The first kappa shape index (κ1) is 46.1. The highest BCUT2D eigenvalue weighted by Crippen LogP contribution is 2.31. The van der Waals surface area contributed by atoms with E-state index in [-0.39, 0.29) is 30.2 Å². The average Bonchev–Trinajstić information content (AvgIpc) is 4.16. The number of benzene rings is 3. The van der Waals surface area contributed by atoms with Crippen molar-refractivity contribution in [2.75, 3.05) is 29.0 Å². The van der Waals surface area contributed by atoms with Crippen molar-refractivity contribution in [1.29, 1.82) is 0 Å². The molecule has 7 N–H and O–H groups in total. The lowest BCUT2D eigenvalue weighted by molar-refractivity contribution is 0.0939. The summed E-state index contributed by atoms with van der Waals surface area (Å²) < 4.78 is 18.6. The van der Waals surface area contributed by atoms with Gasteiger partial charge in [-0.15, -0.1) is 5.10 Å². The zero-order valence-electron chi connectivity index (χ0n) is 38.1. The van der Waals surface area contributed by atoms with Crippen LogP contribution in [-0.4, -0.2) is 87.6 Å². The quantitative estimate of drug-likeness (QED) is 0.0552. The van der Waals surface area contributed by atoms with Gasteiger partial charge in [0.25, 0.3) is 11.8 Å². The van der Waals surface area contributed by atoms with Gasteiger partial charge < -0.3 is 36.8 Å². The SMILES string of the molecule is Cc1cc(-c2cnc3c(NCC(C)(C)O)cc(Br)nn23)ccc1C(=O)NC1CC1.Cc1ccc(F)c(Nc2cc(NCC(C)(C)O)c3ncc(-c4ccc(C(=O)NC5CC5)c(C)c4)n3n2)c1. The molecule has 4 heterocycles. The first-order valence-corrected chi connectivity index (χ1v) is 22.8. The van der Waals surface area contributed by atoms with E-state index in [1.165, 1.54) is 6.07 Å². The zero-order chi connectivity index (χ0) is 47.1. The lowest BCUT2D eigenvalue weighted by Crippen LogP contribution is -2.29. The summed E-state index contributed by atoms with van der Waals surface area (Å²) in [6.45, 7) is 13.3. The normalized spacial score (nSPS) is 13.9. The first-order valence-electron chi connectivity index (χ1n) is 22.0. The van der Waals surface area contributed by atoms with Crippen LogP contribution in [0, 0.1) is 26.6 Å². The number of carbonyl (C=O) groups excluding carboxylic acids is 2. The highest BCUT2D eigenvalue weighted by atomic mass is 79.9. The molecule has 17 heteroatoms. The maximum atomic E-state index is 14.5. The number of fused-ring (bicyclic) bond motifs is 2. The van der Waals surface area contributed by atoms with Gasteiger partial charge in [-0.3, -0.25) is 9.59 Å². The molecule has 0 spiro atoms. The molecule has 2 aliphatic carbocycles. The first-order chi connectivity index (χ1) is 31.3. The van der Waals surface area contributed by atoms with Gasteiger partial charge in [0.2, 0.25) is 0 Å². The molecule has 344 valence electrons. The van der Waals surface area contributed by atoms with Crippen molar-refractivity contribution in [3.05, 3.63) is 117 Å². The summed E-state index contributed by atoms with van der Waals surface area (Å²) in [7, 11) is 0. The summed E-state index contributed by atoms with van der Waals surface area (Å²) in [5, 5.41) is 45.2. The zero-order valence-corrected chi connectivity index (χ0v) is 39.6. The number of nitrogens with zero attached hydrogens (tertiary/aromatic N) is 6. The van der Waals surface area contributed by atoms with Gasteiger partial charge in [-0.25, -0.2) is 23.4 Å². The Balaban J connectivity index is 0.000000185. The van der Waals surface area contributed by atoms with Crippen molar-refractivity contribution in [3.63, 3.8) is 0 Å². The molecule has 0 saturated heterocycles. The smallest absolute Gasteiger partial charge is 0.251 e. The Morgan fingerprint density at radius 2 is 1.17 bits per heavy atom. The topological polar surface area (TPSA) is 195 Å². The Kier molecular flexibility index (Phi) is 12.9. The Bertz CT molecular complexity index is 2960. The second kappa shape index (κ2) is 18.5. The molecule has 3 aromatic carbocycles. The monoisotopic (exact) mass is 959 g/mol. The second-order valence-corrected chi connectivity index (χ2v) is 19.4. The van der Waals surface area contributed by atoms with Gasteiger partial charge in [0, 0.05) is 53.5 Å². The maximum absolute atomic E-state index is 14.5. The fourth-order valence-electron chi connectivity index (χ4n) is 7.26. The van der Waals surface area contributed by atoms with Crippen LogP contribution in [0.5, 0.6) is 0 Å². The third-order valence-corrected chi connectivity index (χ3v) is 11.5. The van der Waals surface area contributed by atoms with Gasteiger partial charge in [-0.2, -0.15) is 5.10 Å². The maximum Gasteiger partial charge on any atom is 0.251 e. The summed E-state index contributed by atoms with van der Waals surface area (Å²) in [5.41, 5.74) is 8.44. The van der Waals surface area contributed by atoms with Crippen LogP contribution in [0.2, 0.25) is 0 Å². The van der Waals surface area contributed by atoms with E-state index in [2.05, 4.69) is 57.6 Å². The molecule has 0 atom stereocenters. The molecule has 2 fully saturated rings. The van der Waals surface area contributed by atoms with Crippen molar-refractivity contribution in [2.24, 2.45) is 0 Å². The third-order valence-electron chi connectivity index (χ3n) is 11.1. The van der Waals surface area contributed by atoms with Crippen LogP contribution in [0.3, 0.4) is 0 Å². The number of amides is 2. The largest absolute Gasteiger partial charge is 0.389 e. The van der Waals surface area contributed by atoms with E-state index in [1.807, 2.05) is 63.2 Å². The number of hydrogen-bond acceptors (Lipinski definition) is 11. The molecule has 0 bridgehead atoms. The highest BCUT2D eigenvalue weighted by molar-refractivity contribution is 9.10. The summed E-state index contributed by atoms with van der Waals surface area (Å²) in [4.78, 5) is 34.1. The lowest BCUT2D eigenvalue weighted by Gasteiger charge is -2.19. The average molecular weight is 961 g/mol. The molecule has 2 aliphatic rings. The molecule has 2 saturated carbocycles. The van der Waals surface area contributed by atoms with Crippen LogP contribution in [0.15, 0.2) is 83.7 Å². The second-order valence-electron chi connectivity index (χ2n) is 18.6. The van der Waals surface area contributed by atoms with Crippen molar-refractivity contribution >= 4 is 61.9 Å². The number of hydrogen-bond donors (Lipinski definition) is 7. The number of aryl methyl sites for hydroxylation is 3. The van der Waals surface area contributed by atoms with Crippen LogP contribution in [0.4, 0.5) is 27.3 Å². The molecular formula is C49H55BrFN11O4. The Hall–Kier alpha value is -6.43. The summed E-state index contributed by atoms with van der Waals surface area (Å²) in [6.07, 6.45) is 7.67. The molecule has 7 aromatic rings. The van der Waals surface area contributed by atoms with Crippen LogP contribution in [-0.2, 0) is 0 Å². The third kappa shape index (κ3) is 11.1. The van der Waals surface area contributed by atoms with Crippen molar-refractivity contribution in [1.82, 2.24) is 39.8 Å². The Morgan fingerprint density at radius 1 is 0.682 bits per heavy atom. The number of carbonyl (C=O) groups is 2. The van der Waals surface area contributed by atoms with E-state index in [1.54, 1.807) is 67.3 Å². The predicted molar refractivity (Wildman–Crippen MR) is 259 cm³/mol. The van der Waals surface area contributed by atoms with Gasteiger partial charge in [-0.05, 0) is 149 Å². The van der Waals surface area contributed by atoms with Gasteiger partial charge in [0.05, 0.1) is 52.0 Å². The van der Waals surface area contributed by atoms with Gasteiger partial charge in [0.15, 0.2) is 17.1 Å². The van der Waals surface area contributed by atoms with E-state index in [0.717, 1.165) is 64.9 Å². The molecule has 4 aromatic heterocycles. The van der Waals surface area contributed by atoms with Crippen LogP contribution < -0.4 is 26.6 Å². The fraction of sp³-hybridized carbons (Fsp3) is 0.347. The molecule has 66 heavy (non-hydrogen) atoms. The Labute approximate surface area is 390 Å². The molecule has 0 aliphatic heterocycles. The van der Waals surface area contributed by atoms with E-state index in [4.69, 9.17) is 5.10 Å². The highest BCUT2D eigenvalue weighted by Gasteiger charge is 2.26. The Morgan fingerprint density at radius 3 is 1.64 bits per heavy atom.